The second-order valence-electron chi connectivity index (χ2n) is 7.85. The van der Waals surface area contributed by atoms with E-state index in [9.17, 15) is 9.59 Å². The van der Waals surface area contributed by atoms with Gasteiger partial charge in [0.15, 0.2) is 0 Å². The van der Waals surface area contributed by atoms with E-state index in [-0.39, 0.29) is 11.9 Å². The molecule has 0 unspecified atom stereocenters. The van der Waals surface area contributed by atoms with E-state index in [0.29, 0.717) is 38.9 Å². The molecule has 0 aromatic heterocycles. The third-order valence-electron chi connectivity index (χ3n) is 4.97. The molecule has 0 aliphatic rings. The second kappa shape index (κ2) is 23.0. The van der Waals surface area contributed by atoms with Gasteiger partial charge in [0.05, 0.1) is 13.2 Å². The Balaban J connectivity index is 3.30. The quantitative estimate of drug-likeness (QED) is 0.113. The summed E-state index contributed by atoms with van der Waals surface area (Å²) >= 11 is 0. The highest BCUT2D eigenvalue weighted by Gasteiger charge is 2.06. The molecule has 0 amide bonds. The van der Waals surface area contributed by atoms with Crippen LogP contribution in [-0.4, -0.2) is 25.2 Å². The highest BCUT2D eigenvalue weighted by atomic mass is 16.5. The van der Waals surface area contributed by atoms with Crippen molar-refractivity contribution >= 4 is 11.9 Å². The second-order valence-corrected chi connectivity index (χ2v) is 7.85. The lowest BCUT2D eigenvalue weighted by Gasteiger charge is -2.06. The Kier molecular flexibility index (Phi) is 21.9. The van der Waals surface area contributed by atoms with E-state index >= 15 is 0 Å². The Morgan fingerprint density at radius 1 is 0.586 bits per heavy atom. The van der Waals surface area contributed by atoms with Crippen molar-refractivity contribution in [2.75, 3.05) is 13.2 Å². The number of rotatable bonds is 21. The van der Waals surface area contributed by atoms with Crippen LogP contribution in [0, 0.1) is 0 Å². The third kappa shape index (κ3) is 22.8. The molecule has 0 atom stereocenters. The number of esters is 2. The van der Waals surface area contributed by atoms with Gasteiger partial charge in [0.1, 0.15) is 0 Å². The first-order valence-electron chi connectivity index (χ1n) is 12.2. The van der Waals surface area contributed by atoms with Crippen molar-refractivity contribution in [3.63, 3.8) is 0 Å². The van der Waals surface area contributed by atoms with E-state index in [1.54, 1.807) is 0 Å². The number of ether oxygens (including phenoxy) is 2. The van der Waals surface area contributed by atoms with Crippen molar-refractivity contribution in [3.8, 4) is 0 Å². The number of carbonyl (C=O) groups is 2. The maximum Gasteiger partial charge on any atom is 0.305 e. The molecule has 0 radical (unpaired) electrons. The summed E-state index contributed by atoms with van der Waals surface area (Å²) < 4.78 is 10.4. The Bertz CT molecular complexity index is 404. The first-order chi connectivity index (χ1) is 14.2. The molecule has 4 heteroatoms. The van der Waals surface area contributed by atoms with Gasteiger partial charge in [-0.25, -0.2) is 0 Å². The molecule has 0 heterocycles. The number of carbonyl (C=O) groups excluding carboxylic acids is 2. The van der Waals surface area contributed by atoms with Crippen LogP contribution in [0.25, 0.3) is 0 Å². The van der Waals surface area contributed by atoms with Crippen LogP contribution in [0.1, 0.15) is 123 Å². The lowest BCUT2D eigenvalue weighted by atomic mass is 10.1. The third-order valence-corrected chi connectivity index (χ3v) is 4.97. The van der Waals surface area contributed by atoms with Crippen molar-refractivity contribution in [1.29, 1.82) is 0 Å². The lowest BCUT2D eigenvalue weighted by molar-refractivity contribution is -0.145. The molecule has 0 aliphatic carbocycles. The van der Waals surface area contributed by atoms with E-state index in [1.165, 1.54) is 57.8 Å². The molecule has 0 aromatic carbocycles. The van der Waals surface area contributed by atoms with Gasteiger partial charge in [-0.15, -0.1) is 0 Å². The van der Waals surface area contributed by atoms with Gasteiger partial charge in [-0.2, -0.15) is 0 Å². The van der Waals surface area contributed by atoms with Crippen molar-refractivity contribution in [2.24, 2.45) is 0 Å². The van der Waals surface area contributed by atoms with Gasteiger partial charge < -0.3 is 9.47 Å². The van der Waals surface area contributed by atoms with Gasteiger partial charge in [-0.1, -0.05) is 90.2 Å². The number of unbranched alkanes of at least 4 members (excludes halogenated alkanes) is 11. The van der Waals surface area contributed by atoms with Crippen molar-refractivity contribution < 1.29 is 19.1 Å². The van der Waals surface area contributed by atoms with Gasteiger partial charge >= 0.3 is 11.9 Å². The molecule has 170 valence electrons. The molecule has 29 heavy (non-hydrogen) atoms. The minimum atomic E-state index is -0.177. The summed E-state index contributed by atoms with van der Waals surface area (Å²) in [6.07, 6.45) is 22.2. The molecule has 0 bridgehead atoms. The van der Waals surface area contributed by atoms with Crippen LogP contribution in [0.4, 0.5) is 0 Å². The van der Waals surface area contributed by atoms with E-state index in [0.717, 1.165) is 25.7 Å². The molecule has 0 spiro atoms. The summed E-state index contributed by atoms with van der Waals surface area (Å²) in [6.45, 7) is 5.30. The smallest absolute Gasteiger partial charge is 0.305 e. The van der Waals surface area contributed by atoms with Crippen molar-refractivity contribution in [3.05, 3.63) is 12.2 Å². The minimum Gasteiger partial charge on any atom is -0.466 e. The largest absolute Gasteiger partial charge is 0.466 e. The van der Waals surface area contributed by atoms with Crippen LogP contribution in [0.15, 0.2) is 12.2 Å². The zero-order valence-electron chi connectivity index (χ0n) is 19.2. The lowest BCUT2D eigenvalue weighted by Crippen LogP contribution is -2.07. The van der Waals surface area contributed by atoms with Gasteiger partial charge in [-0.3, -0.25) is 9.59 Å². The van der Waals surface area contributed by atoms with Crippen LogP contribution in [0.3, 0.4) is 0 Å². The van der Waals surface area contributed by atoms with Gasteiger partial charge in [-0.05, 0) is 32.1 Å². The number of hydrogen-bond donors (Lipinski definition) is 0. The molecular weight excluding hydrogens is 364 g/mol. The summed E-state index contributed by atoms with van der Waals surface area (Å²) in [5, 5.41) is 0. The van der Waals surface area contributed by atoms with Crippen LogP contribution < -0.4 is 0 Å². The average molecular weight is 411 g/mol. The number of allylic oxidation sites excluding steroid dienone is 1. The van der Waals surface area contributed by atoms with Crippen molar-refractivity contribution in [1.82, 2.24) is 0 Å². The topological polar surface area (TPSA) is 52.6 Å². The first-order valence-corrected chi connectivity index (χ1v) is 12.2. The predicted octanol–water partition coefficient (Wildman–Crippen LogP) is 7.30. The SMILES string of the molecule is CC/C=C/CCOC(=O)CCCCC(=O)OCCCCCCCCCCCCC. The van der Waals surface area contributed by atoms with E-state index in [1.807, 2.05) is 6.08 Å². The standard InChI is InChI=1S/C25H46O4/c1-3-5-7-9-10-11-12-13-14-15-19-23-29-25(27)21-17-16-20-24(26)28-22-18-8-6-4-2/h6,8H,3-5,7,9-23H2,1-2H3/b8-6+. The highest BCUT2D eigenvalue weighted by Crippen LogP contribution is 2.11. The van der Waals surface area contributed by atoms with Gasteiger partial charge in [0, 0.05) is 12.8 Å². The molecule has 0 aliphatic heterocycles. The summed E-state index contributed by atoms with van der Waals surface area (Å²) in [4.78, 5) is 23.3. The zero-order chi connectivity index (χ0) is 21.4. The molecule has 0 saturated carbocycles. The monoisotopic (exact) mass is 410 g/mol. The summed E-state index contributed by atoms with van der Waals surface area (Å²) in [6, 6.07) is 0. The van der Waals surface area contributed by atoms with E-state index in [4.69, 9.17) is 9.47 Å². The summed E-state index contributed by atoms with van der Waals surface area (Å²) in [5.41, 5.74) is 0. The average Bonchev–Trinajstić information content (AvgIpc) is 2.72. The molecule has 0 aromatic rings. The van der Waals surface area contributed by atoms with Crippen molar-refractivity contribution in [2.45, 2.75) is 123 Å². The summed E-state index contributed by atoms with van der Waals surface area (Å²) in [5.74, 6) is -0.320. The van der Waals surface area contributed by atoms with Crippen LogP contribution in [-0.2, 0) is 19.1 Å². The highest BCUT2D eigenvalue weighted by molar-refractivity contribution is 5.70. The zero-order valence-corrected chi connectivity index (χ0v) is 19.2. The molecule has 4 nitrogen and oxygen atoms in total. The first kappa shape index (κ1) is 27.7. The van der Waals surface area contributed by atoms with Gasteiger partial charge in [0.25, 0.3) is 0 Å². The molecule has 0 N–H and O–H groups in total. The molecule has 0 fully saturated rings. The minimum absolute atomic E-state index is 0.143. The maximum absolute atomic E-state index is 11.7. The Morgan fingerprint density at radius 2 is 1.07 bits per heavy atom. The fourth-order valence-corrected chi connectivity index (χ4v) is 3.16. The molecule has 0 saturated heterocycles. The van der Waals surface area contributed by atoms with E-state index < -0.39 is 0 Å². The van der Waals surface area contributed by atoms with Crippen LogP contribution >= 0.6 is 0 Å². The fourth-order valence-electron chi connectivity index (χ4n) is 3.16. The Labute approximate surface area is 179 Å². The normalized spacial score (nSPS) is 11.1. The summed E-state index contributed by atoms with van der Waals surface area (Å²) in [7, 11) is 0. The predicted molar refractivity (Wildman–Crippen MR) is 121 cm³/mol. The molecular formula is C25H46O4. The fraction of sp³-hybridized carbons (Fsp3) is 0.840. The van der Waals surface area contributed by atoms with E-state index in [2.05, 4.69) is 19.9 Å². The maximum atomic E-state index is 11.7. The molecule has 0 rings (SSSR count). The Hall–Kier alpha value is -1.32. The van der Waals surface area contributed by atoms with Crippen LogP contribution in [0.5, 0.6) is 0 Å². The van der Waals surface area contributed by atoms with Crippen LogP contribution in [0.2, 0.25) is 0 Å². The number of hydrogen-bond acceptors (Lipinski definition) is 4. The van der Waals surface area contributed by atoms with Gasteiger partial charge in [0.2, 0.25) is 0 Å². The Morgan fingerprint density at radius 3 is 1.59 bits per heavy atom.